The Bertz CT molecular complexity index is 1100. The molecule has 2 saturated heterocycles. The molecule has 1 atom stereocenters. The van der Waals surface area contributed by atoms with Crippen molar-refractivity contribution < 1.29 is 22.6 Å². The van der Waals surface area contributed by atoms with E-state index in [9.17, 15) is 13.2 Å². The Labute approximate surface area is 208 Å². The minimum atomic E-state index is -2.98. The highest BCUT2D eigenvalue weighted by Gasteiger charge is 2.25. The summed E-state index contributed by atoms with van der Waals surface area (Å²) in [7, 11) is 0. The average Bonchev–Trinajstić information content (AvgIpc) is 3.36. The summed E-state index contributed by atoms with van der Waals surface area (Å²) in [4.78, 5) is 18.0. The van der Waals surface area contributed by atoms with E-state index in [4.69, 9.17) is 14.7 Å². The van der Waals surface area contributed by atoms with Gasteiger partial charge >= 0.3 is 6.61 Å². The first-order chi connectivity index (χ1) is 17.3. The molecule has 1 aromatic heterocycles. The van der Waals surface area contributed by atoms with Crippen molar-refractivity contribution in [2.75, 3.05) is 49.6 Å². The third kappa shape index (κ3) is 6.52. The van der Waals surface area contributed by atoms with Crippen molar-refractivity contribution in [1.29, 1.82) is 0 Å². The summed E-state index contributed by atoms with van der Waals surface area (Å²) < 4.78 is 49.0. The molecule has 4 rings (SSSR count). The maximum atomic E-state index is 14.4. The molecule has 194 valence electrons. The van der Waals surface area contributed by atoms with E-state index in [-0.39, 0.29) is 11.8 Å². The summed E-state index contributed by atoms with van der Waals surface area (Å²) >= 11 is 0. The van der Waals surface area contributed by atoms with E-state index in [1.54, 1.807) is 0 Å². The Kier molecular flexibility index (Phi) is 8.42. The second kappa shape index (κ2) is 11.7. The zero-order chi connectivity index (χ0) is 25.7. The Morgan fingerprint density at radius 3 is 2.72 bits per heavy atom. The normalized spacial score (nSPS) is 19.1. The van der Waals surface area contributed by atoms with E-state index < -0.39 is 12.4 Å². The number of rotatable bonds is 9. The Morgan fingerprint density at radius 2 is 2.08 bits per heavy atom. The fourth-order valence-corrected chi connectivity index (χ4v) is 4.25. The van der Waals surface area contributed by atoms with Crippen LogP contribution in [0.25, 0.3) is 6.08 Å². The van der Waals surface area contributed by atoms with Crippen LogP contribution in [0.1, 0.15) is 30.3 Å². The van der Waals surface area contributed by atoms with Crippen LogP contribution in [-0.2, 0) is 11.3 Å². The monoisotopic (exact) mass is 504 g/mol. The number of halogens is 3. The lowest BCUT2D eigenvalue weighted by atomic mass is 10.1. The molecule has 1 N–H and O–H groups in total. The quantitative estimate of drug-likeness (QED) is 0.515. The number of aliphatic imine (C=N–C) groups is 1. The van der Waals surface area contributed by atoms with Gasteiger partial charge in [0.2, 0.25) is 0 Å². The van der Waals surface area contributed by atoms with E-state index >= 15 is 0 Å². The maximum Gasteiger partial charge on any atom is 0.387 e. The largest absolute Gasteiger partial charge is 0.435 e. The van der Waals surface area contributed by atoms with Gasteiger partial charge in [-0.05, 0) is 39.1 Å². The highest BCUT2D eigenvalue weighted by molar-refractivity contribution is 5.66. The smallest absolute Gasteiger partial charge is 0.387 e. The number of ether oxygens (including phenoxy) is 2. The average molecular weight is 505 g/mol. The molecule has 2 aliphatic rings. The highest BCUT2D eigenvalue weighted by atomic mass is 19.3. The molecule has 1 aromatic carbocycles. The molecule has 11 heteroatoms. The van der Waals surface area contributed by atoms with Crippen molar-refractivity contribution in [3.63, 3.8) is 0 Å². The lowest BCUT2D eigenvalue weighted by Crippen LogP contribution is -2.46. The number of nitrogens with one attached hydrogen (secondary N) is 1. The van der Waals surface area contributed by atoms with Crippen LogP contribution in [0.15, 0.2) is 28.9 Å². The van der Waals surface area contributed by atoms with Crippen molar-refractivity contribution in [2.24, 2.45) is 4.99 Å². The first kappa shape index (κ1) is 25.9. The van der Waals surface area contributed by atoms with Crippen molar-refractivity contribution in [1.82, 2.24) is 14.9 Å². The van der Waals surface area contributed by atoms with Crippen molar-refractivity contribution in [3.05, 3.63) is 46.7 Å². The molecule has 0 spiro atoms. The van der Waals surface area contributed by atoms with Crippen molar-refractivity contribution >= 4 is 24.4 Å². The molecule has 0 radical (unpaired) electrons. The summed E-state index contributed by atoms with van der Waals surface area (Å²) in [6.07, 6.45) is 2.77. The van der Waals surface area contributed by atoms with Gasteiger partial charge in [-0.3, -0.25) is 9.89 Å². The summed E-state index contributed by atoms with van der Waals surface area (Å²) in [5, 5.41) is 3.49. The molecule has 0 saturated carbocycles. The SMILES string of the molecule is C=N/C(C)=C\c1nc(N2CCN(Cc3ccc(OC(F)F)cc3F)CC2)c(N[C@@H]2CCOC2)nc1C. The van der Waals surface area contributed by atoms with Gasteiger partial charge in [-0.15, -0.1) is 0 Å². The van der Waals surface area contributed by atoms with Gasteiger partial charge < -0.3 is 19.7 Å². The fraction of sp³-hybridized carbons (Fsp3) is 0.480. The summed E-state index contributed by atoms with van der Waals surface area (Å²) in [6, 6.07) is 4.03. The predicted octanol–water partition coefficient (Wildman–Crippen LogP) is 4.11. The molecule has 8 nitrogen and oxygen atoms in total. The molecule has 2 fully saturated rings. The van der Waals surface area contributed by atoms with Crippen LogP contribution >= 0.6 is 0 Å². The lowest BCUT2D eigenvalue weighted by Gasteiger charge is -2.36. The number of alkyl halides is 2. The number of aryl methyl sites for hydroxylation is 1. The zero-order valence-electron chi connectivity index (χ0n) is 20.5. The van der Waals surface area contributed by atoms with Crippen LogP contribution in [-0.4, -0.2) is 73.6 Å². The maximum absolute atomic E-state index is 14.4. The zero-order valence-corrected chi connectivity index (χ0v) is 20.5. The number of hydrogen-bond acceptors (Lipinski definition) is 8. The van der Waals surface area contributed by atoms with Gasteiger partial charge in [0.25, 0.3) is 0 Å². The molecule has 0 amide bonds. The number of piperazine rings is 1. The third-order valence-corrected chi connectivity index (χ3v) is 6.27. The molecular weight excluding hydrogens is 473 g/mol. The van der Waals surface area contributed by atoms with Crippen LogP contribution in [0, 0.1) is 12.7 Å². The molecule has 0 bridgehead atoms. The van der Waals surface area contributed by atoms with E-state index in [1.165, 1.54) is 12.1 Å². The minimum Gasteiger partial charge on any atom is -0.435 e. The van der Waals surface area contributed by atoms with Crippen LogP contribution in [0.3, 0.4) is 0 Å². The number of allylic oxidation sites excluding steroid dienone is 1. The third-order valence-electron chi connectivity index (χ3n) is 6.27. The first-order valence-electron chi connectivity index (χ1n) is 11.9. The molecule has 3 heterocycles. The second-order valence-corrected chi connectivity index (χ2v) is 8.91. The highest BCUT2D eigenvalue weighted by Crippen LogP contribution is 2.28. The van der Waals surface area contributed by atoms with Gasteiger partial charge in [-0.2, -0.15) is 8.78 Å². The topological polar surface area (TPSA) is 75.1 Å². The number of aromatic nitrogens is 2. The van der Waals surface area contributed by atoms with Gasteiger partial charge in [-0.1, -0.05) is 6.07 Å². The fourth-order valence-electron chi connectivity index (χ4n) is 4.25. The van der Waals surface area contributed by atoms with Crippen molar-refractivity contribution in [2.45, 2.75) is 39.5 Å². The predicted molar refractivity (Wildman–Crippen MR) is 133 cm³/mol. The standard InChI is InChI=1S/C25H31F3N6O2/c1-16(29-3)12-22-17(2)30-23(31-19-6-11-35-15-19)24(32-22)34-9-7-33(8-10-34)14-18-4-5-20(13-21(18)26)36-25(27)28/h4-5,12-13,19,25H,3,6-11,14-15H2,1-2H3,(H,30,31)/b16-12-/t19-/m1/s1. The number of hydrogen-bond donors (Lipinski definition) is 1. The van der Waals surface area contributed by atoms with Gasteiger partial charge in [0, 0.05) is 56.7 Å². The molecular formula is C25H31F3N6O2. The van der Waals surface area contributed by atoms with E-state index in [0.717, 1.165) is 47.8 Å². The Hall–Kier alpha value is -3.18. The summed E-state index contributed by atoms with van der Waals surface area (Å²) in [6.45, 7) is 8.77. The molecule has 2 aliphatic heterocycles. The molecule has 2 aromatic rings. The Balaban J connectivity index is 1.48. The lowest BCUT2D eigenvalue weighted by molar-refractivity contribution is -0.0500. The number of anilines is 2. The minimum absolute atomic E-state index is 0.178. The molecule has 36 heavy (non-hydrogen) atoms. The van der Waals surface area contributed by atoms with Crippen molar-refractivity contribution in [3.8, 4) is 5.75 Å². The van der Waals surface area contributed by atoms with E-state index in [0.29, 0.717) is 44.9 Å². The molecule has 0 aliphatic carbocycles. The first-order valence-corrected chi connectivity index (χ1v) is 11.9. The Morgan fingerprint density at radius 1 is 1.31 bits per heavy atom. The second-order valence-electron chi connectivity index (χ2n) is 8.91. The number of nitrogens with zero attached hydrogens (tertiary/aromatic N) is 5. The van der Waals surface area contributed by atoms with Crippen LogP contribution in [0.2, 0.25) is 0 Å². The van der Waals surface area contributed by atoms with Gasteiger partial charge in [0.05, 0.1) is 24.0 Å². The van der Waals surface area contributed by atoms with E-state index in [1.807, 2.05) is 19.9 Å². The summed E-state index contributed by atoms with van der Waals surface area (Å²) in [5.74, 6) is 0.731. The van der Waals surface area contributed by atoms with E-state index in [2.05, 4.69) is 31.6 Å². The van der Waals surface area contributed by atoms with Gasteiger partial charge in [-0.25, -0.2) is 14.4 Å². The van der Waals surface area contributed by atoms with Crippen LogP contribution in [0.4, 0.5) is 24.8 Å². The van der Waals surface area contributed by atoms with Crippen LogP contribution in [0.5, 0.6) is 5.75 Å². The van der Waals surface area contributed by atoms with Gasteiger partial charge in [0.15, 0.2) is 11.6 Å². The van der Waals surface area contributed by atoms with Gasteiger partial charge in [0.1, 0.15) is 11.6 Å². The molecule has 0 unspecified atom stereocenters. The van der Waals surface area contributed by atoms with Crippen LogP contribution < -0.4 is 15.0 Å². The number of benzene rings is 1. The summed E-state index contributed by atoms with van der Waals surface area (Å²) in [5.41, 5.74) is 2.71.